The van der Waals surface area contributed by atoms with Crippen molar-refractivity contribution in [3.8, 4) is 5.88 Å². The van der Waals surface area contributed by atoms with Gasteiger partial charge in [-0.3, -0.25) is 14.7 Å². The first-order valence-corrected chi connectivity index (χ1v) is 7.84. The van der Waals surface area contributed by atoms with Gasteiger partial charge in [-0.1, -0.05) is 6.07 Å². The Morgan fingerprint density at radius 1 is 1.46 bits per heavy atom. The highest BCUT2D eigenvalue weighted by atomic mass is 16.5. The lowest BCUT2D eigenvalue weighted by Crippen LogP contribution is -2.51. The fraction of sp³-hybridized carbons (Fsp3) is 0.438. The van der Waals surface area contributed by atoms with Crippen LogP contribution in [0, 0.1) is 6.92 Å². The van der Waals surface area contributed by atoms with E-state index in [1.165, 1.54) is 0 Å². The lowest BCUT2D eigenvalue weighted by molar-refractivity contribution is -0.123. The third kappa shape index (κ3) is 3.83. The van der Waals surface area contributed by atoms with Crippen LogP contribution in [0.1, 0.15) is 17.7 Å². The van der Waals surface area contributed by atoms with Gasteiger partial charge in [-0.25, -0.2) is 4.98 Å². The molecule has 3 heterocycles. The lowest BCUT2D eigenvalue weighted by atomic mass is 10.1. The molecule has 3 N–H and O–H groups in total. The summed E-state index contributed by atoms with van der Waals surface area (Å²) in [6.45, 7) is 2.68. The summed E-state index contributed by atoms with van der Waals surface area (Å²) < 4.78 is 11.3. The normalized spacial score (nSPS) is 20.5. The van der Waals surface area contributed by atoms with Crippen LogP contribution in [0.5, 0.6) is 5.88 Å². The number of aromatic amines is 2. The van der Waals surface area contributed by atoms with Gasteiger partial charge in [-0.15, -0.1) is 0 Å². The number of hydrogen-bond donors (Lipinski definition) is 3. The second kappa shape index (κ2) is 7.31. The van der Waals surface area contributed by atoms with Gasteiger partial charge in [0.1, 0.15) is 6.10 Å². The standard InChI is InChI=1S/C16H20N4O4/c1-10-11(16(22)20-19-10)8-14(21)18-12-5-7-23-9-13(12)24-15-4-2-3-6-17-15/h2-4,6,12-13H,5,7-9H2,1H3,(H,18,21)(H2,19,20,22)/t12-,13-/m1/s1. The topological polar surface area (TPSA) is 109 Å². The van der Waals surface area contributed by atoms with Crippen molar-refractivity contribution in [2.45, 2.75) is 31.9 Å². The number of aryl methyl sites for hydroxylation is 1. The van der Waals surface area contributed by atoms with Gasteiger partial charge in [-0.05, 0) is 19.4 Å². The molecule has 3 rings (SSSR count). The lowest BCUT2D eigenvalue weighted by Gasteiger charge is -2.32. The predicted octanol–water partition coefficient (Wildman–Crippen LogP) is 0.302. The predicted molar refractivity (Wildman–Crippen MR) is 85.9 cm³/mol. The highest BCUT2D eigenvalue weighted by Crippen LogP contribution is 2.15. The van der Waals surface area contributed by atoms with Crippen LogP contribution >= 0.6 is 0 Å². The van der Waals surface area contributed by atoms with E-state index >= 15 is 0 Å². The van der Waals surface area contributed by atoms with Crippen molar-refractivity contribution in [2.24, 2.45) is 0 Å². The Morgan fingerprint density at radius 2 is 2.33 bits per heavy atom. The summed E-state index contributed by atoms with van der Waals surface area (Å²) in [5.41, 5.74) is 0.848. The molecule has 0 aromatic carbocycles. The molecule has 1 aliphatic heterocycles. The van der Waals surface area contributed by atoms with Crippen molar-refractivity contribution in [2.75, 3.05) is 13.2 Å². The SMILES string of the molecule is Cc1[nH][nH]c(=O)c1CC(=O)N[C@@H]1CCOC[C@H]1Oc1ccccn1. The molecule has 8 nitrogen and oxygen atoms in total. The van der Waals surface area contributed by atoms with Crippen molar-refractivity contribution in [1.82, 2.24) is 20.5 Å². The van der Waals surface area contributed by atoms with E-state index in [4.69, 9.17) is 9.47 Å². The molecule has 8 heteroatoms. The number of pyridine rings is 1. The smallest absolute Gasteiger partial charge is 0.267 e. The summed E-state index contributed by atoms with van der Waals surface area (Å²) in [6.07, 6.45) is 2.00. The molecule has 2 aromatic heterocycles. The molecule has 0 spiro atoms. The van der Waals surface area contributed by atoms with Crippen molar-refractivity contribution in [1.29, 1.82) is 0 Å². The molecule has 1 saturated heterocycles. The summed E-state index contributed by atoms with van der Waals surface area (Å²) in [7, 11) is 0. The number of ether oxygens (including phenoxy) is 2. The molecular weight excluding hydrogens is 312 g/mol. The first kappa shape index (κ1) is 16.3. The minimum absolute atomic E-state index is 0.0261. The number of nitrogens with zero attached hydrogens (tertiary/aromatic N) is 1. The van der Waals surface area contributed by atoms with E-state index in [0.29, 0.717) is 36.8 Å². The molecule has 0 unspecified atom stereocenters. The molecule has 1 fully saturated rings. The number of rotatable bonds is 5. The Kier molecular flexibility index (Phi) is 4.95. The minimum Gasteiger partial charge on any atom is -0.470 e. The average molecular weight is 332 g/mol. The van der Waals surface area contributed by atoms with Crippen molar-refractivity contribution < 1.29 is 14.3 Å². The van der Waals surface area contributed by atoms with E-state index in [0.717, 1.165) is 0 Å². The number of hydrogen-bond acceptors (Lipinski definition) is 5. The Hall–Kier alpha value is -2.61. The fourth-order valence-electron chi connectivity index (χ4n) is 2.67. The zero-order chi connectivity index (χ0) is 16.9. The zero-order valence-corrected chi connectivity index (χ0v) is 13.4. The van der Waals surface area contributed by atoms with Crippen molar-refractivity contribution in [3.63, 3.8) is 0 Å². The number of aromatic nitrogens is 3. The van der Waals surface area contributed by atoms with E-state index < -0.39 is 0 Å². The van der Waals surface area contributed by atoms with E-state index in [2.05, 4.69) is 20.5 Å². The van der Waals surface area contributed by atoms with Gasteiger partial charge < -0.3 is 19.9 Å². The second-order valence-corrected chi connectivity index (χ2v) is 5.72. The Bertz CT molecular complexity index is 740. The summed E-state index contributed by atoms with van der Waals surface area (Å²) in [6, 6.07) is 5.21. The molecule has 1 aliphatic rings. The van der Waals surface area contributed by atoms with Crippen molar-refractivity contribution in [3.05, 3.63) is 46.0 Å². The van der Waals surface area contributed by atoms with Crippen LogP contribution in [-0.2, 0) is 16.0 Å². The maximum absolute atomic E-state index is 12.3. The number of nitrogens with one attached hydrogen (secondary N) is 3. The van der Waals surface area contributed by atoms with Crippen LogP contribution in [0.25, 0.3) is 0 Å². The molecule has 2 aromatic rings. The molecule has 2 atom stereocenters. The largest absolute Gasteiger partial charge is 0.470 e. The number of amides is 1. The van der Waals surface area contributed by atoms with Crippen LogP contribution in [0.2, 0.25) is 0 Å². The molecular formula is C16H20N4O4. The van der Waals surface area contributed by atoms with Crippen LogP contribution < -0.4 is 15.6 Å². The van der Waals surface area contributed by atoms with Gasteiger partial charge in [0.25, 0.3) is 5.56 Å². The Labute approximate surface area is 138 Å². The summed E-state index contributed by atoms with van der Waals surface area (Å²) in [5, 5.41) is 8.13. The molecule has 0 saturated carbocycles. The molecule has 0 aliphatic carbocycles. The van der Waals surface area contributed by atoms with E-state index in [9.17, 15) is 9.59 Å². The number of H-pyrrole nitrogens is 2. The summed E-state index contributed by atoms with van der Waals surface area (Å²) in [4.78, 5) is 28.1. The van der Waals surface area contributed by atoms with Gasteiger partial charge in [0.05, 0.1) is 19.1 Å². The molecule has 1 amide bonds. The van der Waals surface area contributed by atoms with Gasteiger partial charge in [0, 0.05) is 30.1 Å². The number of carbonyl (C=O) groups is 1. The van der Waals surface area contributed by atoms with Crippen LogP contribution in [0.4, 0.5) is 0 Å². The highest BCUT2D eigenvalue weighted by Gasteiger charge is 2.29. The fourth-order valence-corrected chi connectivity index (χ4v) is 2.67. The first-order valence-electron chi connectivity index (χ1n) is 7.84. The first-order chi connectivity index (χ1) is 11.6. The Morgan fingerprint density at radius 3 is 3.04 bits per heavy atom. The average Bonchev–Trinajstić information content (AvgIpc) is 2.89. The van der Waals surface area contributed by atoms with Crippen LogP contribution in [0.3, 0.4) is 0 Å². The van der Waals surface area contributed by atoms with Crippen molar-refractivity contribution >= 4 is 5.91 Å². The molecule has 24 heavy (non-hydrogen) atoms. The third-order valence-corrected chi connectivity index (χ3v) is 3.99. The van der Waals surface area contributed by atoms with E-state index in [1.807, 2.05) is 6.07 Å². The maximum Gasteiger partial charge on any atom is 0.267 e. The van der Waals surface area contributed by atoms with Crippen LogP contribution in [0.15, 0.2) is 29.2 Å². The summed E-state index contributed by atoms with van der Waals surface area (Å²) in [5.74, 6) is 0.273. The number of carbonyl (C=O) groups excluding carboxylic acids is 1. The van der Waals surface area contributed by atoms with Crippen LogP contribution in [-0.4, -0.2) is 46.4 Å². The molecule has 0 radical (unpaired) electrons. The van der Waals surface area contributed by atoms with E-state index in [1.54, 1.807) is 25.3 Å². The van der Waals surface area contributed by atoms with Gasteiger partial charge in [0.2, 0.25) is 11.8 Å². The van der Waals surface area contributed by atoms with E-state index in [-0.39, 0.29) is 30.0 Å². The molecule has 0 bridgehead atoms. The highest BCUT2D eigenvalue weighted by molar-refractivity contribution is 5.79. The monoisotopic (exact) mass is 332 g/mol. The second-order valence-electron chi connectivity index (χ2n) is 5.72. The minimum atomic E-state index is -0.316. The third-order valence-electron chi connectivity index (χ3n) is 3.99. The van der Waals surface area contributed by atoms with Gasteiger partial charge in [0.15, 0.2) is 0 Å². The van der Waals surface area contributed by atoms with Gasteiger partial charge in [-0.2, -0.15) is 0 Å². The Balaban J connectivity index is 1.63. The zero-order valence-electron chi connectivity index (χ0n) is 13.4. The quantitative estimate of drug-likeness (QED) is 0.730. The summed E-state index contributed by atoms with van der Waals surface area (Å²) >= 11 is 0. The molecule has 128 valence electrons. The maximum atomic E-state index is 12.3. The van der Waals surface area contributed by atoms with Gasteiger partial charge >= 0.3 is 0 Å².